The first-order valence-corrected chi connectivity index (χ1v) is 13.7. The van der Waals surface area contributed by atoms with Crippen LogP contribution in [0.15, 0.2) is 46.4 Å². The van der Waals surface area contributed by atoms with E-state index >= 15 is 0 Å². The molecule has 0 spiro atoms. The molecule has 3 aromatic rings. The van der Waals surface area contributed by atoms with Gasteiger partial charge >= 0.3 is 40.8 Å². The average molecular weight is 746 g/mol. The average Bonchev–Trinajstić information content (AvgIpc) is 2.80. The van der Waals surface area contributed by atoms with Gasteiger partial charge in [-0.05, 0) is 84.4 Å². The summed E-state index contributed by atoms with van der Waals surface area (Å²) in [5.41, 5.74) is 12.7. The van der Waals surface area contributed by atoms with Crippen LogP contribution in [0.4, 0.5) is 11.4 Å². The molecule has 0 aliphatic rings. The summed E-state index contributed by atoms with van der Waals surface area (Å²) in [6.45, 7) is 24.3. The number of aryl methyl sites for hydroxylation is 3. The Morgan fingerprint density at radius 2 is 0.732 bits per heavy atom. The zero-order chi connectivity index (χ0) is 27.4. The van der Waals surface area contributed by atoms with E-state index in [2.05, 4.69) is 113 Å². The van der Waals surface area contributed by atoms with E-state index < -0.39 is 0 Å². The number of aliphatic imine (C=N–C) groups is 2. The summed E-state index contributed by atoms with van der Waals surface area (Å²) in [4.78, 5) is 14.9. The Morgan fingerprint density at radius 3 is 0.976 bits per heavy atom. The largest absolute Gasteiger partial charge is 3.00 e. The van der Waals surface area contributed by atoms with Crippen LogP contribution in [0.2, 0.25) is 0 Å². The minimum atomic E-state index is 0. The minimum absolute atomic E-state index is 0. The third kappa shape index (κ3) is 11.3. The number of hydrogen-bond acceptors (Lipinski definition) is 3. The second-order valence-corrected chi connectivity index (χ2v) is 11.7. The molecule has 3 rings (SSSR count). The van der Waals surface area contributed by atoms with Crippen LogP contribution in [0.25, 0.3) is 0 Å². The molecule has 1 aromatic heterocycles. The van der Waals surface area contributed by atoms with E-state index in [9.17, 15) is 0 Å². The van der Waals surface area contributed by atoms with E-state index in [0.717, 1.165) is 28.3 Å². The number of halogens is 3. The Hall–Kier alpha value is -0.849. The summed E-state index contributed by atoms with van der Waals surface area (Å²) in [7, 11) is 0. The van der Waals surface area contributed by atoms with Crippen LogP contribution in [-0.2, 0) is 0 Å². The summed E-state index contributed by atoms with van der Waals surface area (Å²) in [5.74, 6) is 1.60. The van der Waals surface area contributed by atoms with E-state index in [1.807, 2.05) is 12.4 Å². The van der Waals surface area contributed by atoms with Crippen LogP contribution in [0, 0.1) is 61.6 Å². The van der Waals surface area contributed by atoms with Crippen molar-refractivity contribution in [1.82, 2.24) is 4.98 Å². The van der Waals surface area contributed by atoms with E-state index in [-0.39, 0.29) is 78.1 Å². The summed E-state index contributed by atoms with van der Waals surface area (Å²) in [5, 5.41) is 0. The normalized spacial score (nSPS) is 11.2. The molecule has 7 heteroatoms. The van der Waals surface area contributed by atoms with E-state index in [4.69, 9.17) is 15.0 Å². The van der Waals surface area contributed by atoms with Gasteiger partial charge in [0.25, 0.3) is 0 Å². The Morgan fingerprint density at radius 1 is 0.488 bits per heavy atom. The van der Waals surface area contributed by atoms with Gasteiger partial charge in [0.1, 0.15) is 0 Å². The molecule has 0 N–H and O–H groups in total. The van der Waals surface area contributed by atoms with Gasteiger partial charge in [0.2, 0.25) is 0 Å². The standard InChI is InChI=1S/C34H45N3.3ClH.Nd/c1-20(2)29-14-25(10)15-30(21(3)4)33(29)35-18-27-12-24(9)13-28(37-27)19-36-34-31(22(5)6)16-26(11)17-32(34)23(7)8;;;;/h12-23H,1-11H3;3*1H;/q;;;;+3/p-3. The van der Waals surface area contributed by atoms with Crippen molar-refractivity contribution < 1.29 is 78.1 Å². The molecular weight excluding hydrogens is 701 g/mol. The summed E-state index contributed by atoms with van der Waals surface area (Å²) >= 11 is 0. The monoisotopic (exact) mass is 742 g/mol. The first-order chi connectivity index (χ1) is 17.4. The van der Waals surface area contributed by atoms with Gasteiger partial charge in [-0.1, -0.05) is 90.8 Å². The fourth-order valence-corrected chi connectivity index (χ4v) is 4.85. The van der Waals surface area contributed by atoms with Crippen molar-refractivity contribution in [3.63, 3.8) is 0 Å². The second-order valence-electron chi connectivity index (χ2n) is 11.7. The molecule has 221 valence electrons. The van der Waals surface area contributed by atoms with Gasteiger partial charge in [-0.2, -0.15) is 0 Å². The smallest absolute Gasteiger partial charge is 1.00 e. The van der Waals surface area contributed by atoms with Crippen molar-refractivity contribution in [3.05, 3.63) is 86.7 Å². The molecule has 0 unspecified atom stereocenters. The molecular formula is C34H45Cl3N3Nd. The van der Waals surface area contributed by atoms with Crippen LogP contribution in [0.1, 0.15) is 129 Å². The first-order valence-electron chi connectivity index (χ1n) is 13.7. The minimum Gasteiger partial charge on any atom is -1.00 e. The Kier molecular flexibility index (Phi) is 19.3. The van der Waals surface area contributed by atoms with Crippen molar-refractivity contribution in [2.75, 3.05) is 0 Å². The maximum atomic E-state index is 5.01. The number of nitrogens with zero attached hydrogens (tertiary/aromatic N) is 3. The van der Waals surface area contributed by atoms with Crippen LogP contribution in [0.3, 0.4) is 0 Å². The number of aromatic nitrogens is 1. The third-order valence-electron chi connectivity index (χ3n) is 6.78. The van der Waals surface area contributed by atoms with Crippen molar-refractivity contribution >= 4 is 23.8 Å². The van der Waals surface area contributed by atoms with Crippen molar-refractivity contribution in [2.24, 2.45) is 9.98 Å². The van der Waals surface area contributed by atoms with E-state index in [1.54, 1.807) is 0 Å². The fourth-order valence-electron chi connectivity index (χ4n) is 4.85. The molecule has 3 nitrogen and oxygen atoms in total. The Balaban J connectivity index is 0. The number of rotatable bonds is 8. The van der Waals surface area contributed by atoms with Gasteiger partial charge in [0.15, 0.2) is 0 Å². The van der Waals surface area contributed by atoms with Gasteiger partial charge < -0.3 is 37.2 Å². The number of benzene rings is 2. The zero-order valence-corrected chi connectivity index (χ0v) is 31.9. The predicted octanol–water partition coefficient (Wildman–Crippen LogP) is 1.01. The first kappa shape index (κ1) is 42.3. The van der Waals surface area contributed by atoms with Crippen LogP contribution in [-0.4, -0.2) is 17.4 Å². The number of hydrogen-bond donors (Lipinski definition) is 0. The van der Waals surface area contributed by atoms with Crippen molar-refractivity contribution in [2.45, 2.75) is 99.8 Å². The maximum Gasteiger partial charge on any atom is 3.00 e. The molecule has 1 heterocycles. The molecule has 0 aliphatic heterocycles. The SMILES string of the molecule is Cc1cc(C=Nc2c(C(C)C)cc(C)cc2C(C)C)nc(C=Nc2c(C(C)C)cc(C)cc2C(C)C)c1.[Cl-].[Cl-].[Cl-].[Nd+3]. The summed E-state index contributed by atoms with van der Waals surface area (Å²) < 4.78 is 0. The van der Waals surface area contributed by atoms with E-state index in [1.165, 1.54) is 33.4 Å². The predicted molar refractivity (Wildman–Crippen MR) is 162 cm³/mol. The van der Waals surface area contributed by atoms with Crippen LogP contribution in [0.5, 0.6) is 0 Å². The maximum absolute atomic E-state index is 5.01. The second kappa shape index (κ2) is 18.7. The molecule has 2 aromatic carbocycles. The molecule has 0 saturated carbocycles. The van der Waals surface area contributed by atoms with Gasteiger partial charge in [0.05, 0.1) is 35.2 Å². The Bertz CT molecular complexity index is 1170. The summed E-state index contributed by atoms with van der Waals surface area (Å²) in [6.07, 6.45) is 3.83. The number of pyridine rings is 1. The molecule has 0 fully saturated rings. The topological polar surface area (TPSA) is 37.6 Å². The molecule has 1 radical (unpaired) electrons. The fraction of sp³-hybridized carbons (Fsp3) is 0.441. The van der Waals surface area contributed by atoms with Crippen molar-refractivity contribution in [1.29, 1.82) is 0 Å². The van der Waals surface area contributed by atoms with Crippen LogP contribution >= 0.6 is 0 Å². The van der Waals surface area contributed by atoms with Crippen molar-refractivity contribution in [3.8, 4) is 0 Å². The molecule has 0 bridgehead atoms. The summed E-state index contributed by atoms with van der Waals surface area (Å²) in [6, 6.07) is 13.3. The van der Waals surface area contributed by atoms with E-state index in [0.29, 0.717) is 23.7 Å². The molecule has 41 heavy (non-hydrogen) atoms. The zero-order valence-electron chi connectivity index (χ0n) is 26.4. The molecule has 0 atom stereocenters. The van der Waals surface area contributed by atoms with Crippen LogP contribution < -0.4 is 37.2 Å². The van der Waals surface area contributed by atoms with Gasteiger partial charge in [-0.25, -0.2) is 4.98 Å². The molecule has 0 saturated heterocycles. The molecule has 0 aliphatic carbocycles. The van der Waals surface area contributed by atoms with Gasteiger partial charge in [0, 0.05) is 0 Å². The van der Waals surface area contributed by atoms with Gasteiger partial charge in [-0.3, -0.25) is 9.98 Å². The third-order valence-corrected chi connectivity index (χ3v) is 6.78. The quantitative estimate of drug-likeness (QED) is 0.318. The molecule has 0 amide bonds. The van der Waals surface area contributed by atoms with Gasteiger partial charge in [-0.15, -0.1) is 0 Å². The Labute approximate surface area is 300 Å².